The van der Waals surface area contributed by atoms with Gasteiger partial charge in [0.05, 0.1) is 0 Å². The summed E-state index contributed by atoms with van der Waals surface area (Å²) in [5.41, 5.74) is 0. The van der Waals surface area contributed by atoms with Crippen molar-refractivity contribution in [3.05, 3.63) is 30.1 Å². The first kappa shape index (κ1) is 22.0. The summed E-state index contributed by atoms with van der Waals surface area (Å²) >= 11 is 1.70. The van der Waals surface area contributed by atoms with Gasteiger partial charge in [0, 0.05) is 24.0 Å². The van der Waals surface area contributed by atoms with Crippen LogP contribution in [0.5, 0.6) is 0 Å². The zero-order valence-electron chi connectivity index (χ0n) is 14.4. The number of guanidine groups is 1. The van der Waals surface area contributed by atoms with Crippen LogP contribution in [0.15, 0.2) is 34.2 Å². The molecule has 1 aliphatic rings. The molecule has 0 unspecified atom stereocenters. The maximum Gasteiger partial charge on any atom is 0.242 e. The lowest BCUT2D eigenvalue weighted by molar-refractivity contribution is -0.119. The minimum Gasteiger partial charge on any atom is -0.357 e. The van der Waals surface area contributed by atoms with E-state index in [9.17, 15) is 9.18 Å². The van der Waals surface area contributed by atoms with Crippen LogP contribution in [0.25, 0.3) is 0 Å². The van der Waals surface area contributed by atoms with E-state index in [0.29, 0.717) is 12.0 Å². The minimum absolute atomic E-state index is 0. The molecule has 1 aliphatic carbocycles. The molecule has 5 nitrogen and oxygen atoms in total. The van der Waals surface area contributed by atoms with E-state index in [1.165, 1.54) is 12.1 Å². The van der Waals surface area contributed by atoms with Crippen molar-refractivity contribution in [1.82, 2.24) is 16.0 Å². The van der Waals surface area contributed by atoms with Gasteiger partial charge in [-0.3, -0.25) is 4.79 Å². The predicted molar refractivity (Wildman–Crippen MR) is 112 cm³/mol. The van der Waals surface area contributed by atoms with Gasteiger partial charge in [0.2, 0.25) is 5.91 Å². The summed E-state index contributed by atoms with van der Waals surface area (Å²) in [5.74, 6) is 1.36. The van der Waals surface area contributed by atoms with Gasteiger partial charge in [-0.25, -0.2) is 9.38 Å². The Morgan fingerprint density at radius 2 is 2.00 bits per heavy atom. The van der Waals surface area contributed by atoms with E-state index in [0.717, 1.165) is 43.0 Å². The molecular formula is C17H26FIN4OS. The van der Waals surface area contributed by atoms with E-state index in [1.807, 2.05) is 6.92 Å². The van der Waals surface area contributed by atoms with E-state index in [-0.39, 0.29) is 42.2 Å². The lowest BCUT2D eigenvalue weighted by atomic mass is 10.4. The highest BCUT2D eigenvalue weighted by Gasteiger charge is 2.22. The van der Waals surface area contributed by atoms with Gasteiger partial charge in [-0.05, 0) is 56.2 Å². The van der Waals surface area contributed by atoms with Crippen molar-refractivity contribution in [1.29, 1.82) is 0 Å². The Kier molecular flexibility index (Phi) is 10.9. The summed E-state index contributed by atoms with van der Waals surface area (Å²) in [6.07, 6.45) is 3.11. The molecule has 25 heavy (non-hydrogen) atoms. The van der Waals surface area contributed by atoms with Crippen LogP contribution in [-0.2, 0) is 4.79 Å². The lowest BCUT2D eigenvalue weighted by Crippen LogP contribution is -2.39. The number of amides is 1. The third-order valence-electron chi connectivity index (χ3n) is 3.36. The Morgan fingerprint density at radius 3 is 2.64 bits per heavy atom. The highest BCUT2D eigenvalue weighted by molar-refractivity contribution is 14.0. The molecule has 0 aromatic heterocycles. The molecule has 0 atom stereocenters. The molecule has 1 aromatic rings. The largest absolute Gasteiger partial charge is 0.357 e. The Hall–Kier alpha value is -1.03. The fraction of sp³-hybridized carbons (Fsp3) is 0.529. The number of nitrogens with zero attached hydrogens (tertiary/aromatic N) is 1. The van der Waals surface area contributed by atoms with E-state index in [4.69, 9.17) is 0 Å². The molecule has 3 N–H and O–H groups in total. The molecule has 0 radical (unpaired) electrons. The van der Waals surface area contributed by atoms with Crippen molar-refractivity contribution < 1.29 is 9.18 Å². The number of hydrogen-bond acceptors (Lipinski definition) is 3. The summed E-state index contributed by atoms with van der Waals surface area (Å²) in [7, 11) is 0. The molecule has 0 bridgehead atoms. The quantitative estimate of drug-likeness (QED) is 0.167. The summed E-state index contributed by atoms with van der Waals surface area (Å²) in [6, 6.07) is 6.90. The van der Waals surface area contributed by atoms with Crippen molar-refractivity contribution in [2.24, 2.45) is 4.99 Å². The van der Waals surface area contributed by atoms with Gasteiger partial charge in [0.25, 0.3) is 0 Å². The Bertz CT molecular complexity index is 552. The number of hydrogen-bond donors (Lipinski definition) is 3. The van der Waals surface area contributed by atoms with Crippen molar-refractivity contribution >= 4 is 47.6 Å². The van der Waals surface area contributed by atoms with Crippen molar-refractivity contribution in [2.45, 2.75) is 37.1 Å². The highest BCUT2D eigenvalue weighted by atomic mass is 127. The standard InChI is InChI=1S/C17H25FN4OS.HI/c1-2-19-17(21-12-16(23)22-14-6-7-14)20-10-3-11-24-15-8-4-13(18)5-9-15;/h4-5,8-9,14H,2-3,6-7,10-12H2,1H3,(H,22,23)(H2,19,20,21);1H. The van der Waals surface area contributed by atoms with Gasteiger partial charge in [-0.1, -0.05) is 0 Å². The van der Waals surface area contributed by atoms with Gasteiger partial charge in [-0.15, -0.1) is 35.7 Å². The number of rotatable bonds is 9. The molecule has 0 heterocycles. The molecule has 140 valence electrons. The summed E-state index contributed by atoms with van der Waals surface area (Å²) < 4.78 is 12.8. The fourth-order valence-electron chi connectivity index (χ4n) is 1.99. The Labute approximate surface area is 170 Å². The van der Waals surface area contributed by atoms with Gasteiger partial charge in [0.1, 0.15) is 12.4 Å². The maximum absolute atomic E-state index is 12.8. The monoisotopic (exact) mass is 480 g/mol. The molecule has 1 aromatic carbocycles. The highest BCUT2D eigenvalue weighted by Crippen LogP contribution is 2.19. The van der Waals surface area contributed by atoms with E-state index >= 15 is 0 Å². The molecule has 0 saturated heterocycles. The van der Waals surface area contributed by atoms with Crippen molar-refractivity contribution in [3.63, 3.8) is 0 Å². The van der Waals surface area contributed by atoms with Gasteiger partial charge >= 0.3 is 0 Å². The summed E-state index contributed by atoms with van der Waals surface area (Å²) in [5, 5.41) is 9.28. The maximum atomic E-state index is 12.8. The van der Waals surface area contributed by atoms with Crippen LogP contribution < -0.4 is 16.0 Å². The summed E-state index contributed by atoms with van der Waals surface area (Å²) in [6.45, 7) is 3.66. The molecule has 8 heteroatoms. The second-order valence-electron chi connectivity index (χ2n) is 5.62. The molecule has 2 rings (SSSR count). The number of thioether (sulfide) groups is 1. The van der Waals surface area contributed by atoms with Gasteiger partial charge in [0.15, 0.2) is 5.96 Å². The fourth-order valence-corrected chi connectivity index (χ4v) is 2.85. The van der Waals surface area contributed by atoms with Crippen LogP contribution in [0, 0.1) is 5.82 Å². The summed E-state index contributed by atoms with van der Waals surface area (Å²) in [4.78, 5) is 17.0. The smallest absolute Gasteiger partial charge is 0.242 e. The van der Waals surface area contributed by atoms with Gasteiger partial charge < -0.3 is 16.0 Å². The molecular weight excluding hydrogens is 454 g/mol. The predicted octanol–water partition coefficient (Wildman–Crippen LogP) is 2.76. The van der Waals surface area contributed by atoms with Crippen molar-refractivity contribution in [3.8, 4) is 0 Å². The van der Waals surface area contributed by atoms with Gasteiger partial charge in [-0.2, -0.15) is 0 Å². The Morgan fingerprint density at radius 1 is 1.28 bits per heavy atom. The Balaban J connectivity index is 0.00000312. The number of benzene rings is 1. The number of nitrogens with one attached hydrogen (secondary N) is 3. The van der Waals surface area contributed by atoms with E-state index in [2.05, 4.69) is 20.9 Å². The number of carbonyl (C=O) groups is 1. The van der Waals surface area contributed by atoms with E-state index < -0.39 is 0 Å². The average Bonchev–Trinajstić information content (AvgIpc) is 3.38. The minimum atomic E-state index is -0.210. The number of aliphatic imine (C=N–C) groups is 1. The third kappa shape index (κ3) is 9.88. The first-order valence-electron chi connectivity index (χ1n) is 8.37. The van der Waals surface area contributed by atoms with Crippen LogP contribution in [0.2, 0.25) is 0 Å². The molecule has 1 saturated carbocycles. The van der Waals surface area contributed by atoms with Crippen LogP contribution in [0.3, 0.4) is 0 Å². The van der Waals surface area contributed by atoms with Crippen LogP contribution >= 0.6 is 35.7 Å². The second kappa shape index (κ2) is 12.3. The normalized spacial score (nSPS) is 13.8. The van der Waals surface area contributed by atoms with Crippen LogP contribution in [-0.4, -0.2) is 43.3 Å². The zero-order chi connectivity index (χ0) is 17.2. The first-order chi connectivity index (χ1) is 11.7. The number of carbonyl (C=O) groups excluding carboxylic acids is 1. The van der Waals surface area contributed by atoms with Crippen LogP contribution in [0.1, 0.15) is 26.2 Å². The van der Waals surface area contributed by atoms with E-state index in [1.54, 1.807) is 23.9 Å². The molecule has 1 amide bonds. The second-order valence-corrected chi connectivity index (χ2v) is 6.79. The average molecular weight is 480 g/mol. The SMILES string of the molecule is CCNC(=NCC(=O)NC1CC1)NCCCSc1ccc(F)cc1.I. The van der Waals surface area contributed by atoms with Crippen molar-refractivity contribution in [2.75, 3.05) is 25.4 Å². The lowest BCUT2D eigenvalue weighted by Gasteiger charge is -2.11. The molecule has 0 spiro atoms. The third-order valence-corrected chi connectivity index (χ3v) is 4.46. The molecule has 0 aliphatic heterocycles. The topological polar surface area (TPSA) is 65.5 Å². The first-order valence-corrected chi connectivity index (χ1v) is 9.36. The number of halogens is 2. The molecule has 1 fully saturated rings. The zero-order valence-corrected chi connectivity index (χ0v) is 17.5. The van der Waals surface area contributed by atoms with Crippen LogP contribution in [0.4, 0.5) is 4.39 Å².